The van der Waals surface area contributed by atoms with E-state index in [1.165, 1.54) is 0 Å². The maximum Gasteiger partial charge on any atom is 0.237 e. The SMILES string of the molecule is CC(C)[C@H](N)C(=O)NC1CCCC1CN. The number of hydrogen-bond donors (Lipinski definition) is 3. The average Bonchev–Trinajstić information content (AvgIpc) is 2.63. The van der Waals surface area contributed by atoms with Crippen molar-refractivity contribution in [3.8, 4) is 0 Å². The lowest BCUT2D eigenvalue weighted by Gasteiger charge is -2.23. The van der Waals surface area contributed by atoms with Gasteiger partial charge in [-0.15, -0.1) is 0 Å². The van der Waals surface area contributed by atoms with Gasteiger partial charge in [0, 0.05) is 6.04 Å². The highest BCUT2D eigenvalue weighted by Gasteiger charge is 2.29. The van der Waals surface area contributed by atoms with Crippen LogP contribution >= 0.6 is 0 Å². The minimum atomic E-state index is -0.399. The summed E-state index contributed by atoms with van der Waals surface area (Å²) in [6, 6.07) is -0.156. The average molecular weight is 213 g/mol. The molecule has 5 N–H and O–H groups in total. The van der Waals surface area contributed by atoms with E-state index >= 15 is 0 Å². The zero-order valence-corrected chi connectivity index (χ0v) is 9.70. The van der Waals surface area contributed by atoms with Crippen molar-refractivity contribution in [1.82, 2.24) is 5.32 Å². The van der Waals surface area contributed by atoms with Crippen LogP contribution in [0.5, 0.6) is 0 Å². The van der Waals surface area contributed by atoms with E-state index in [0.717, 1.165) is 19.3 Å². The van der Waals surface area contributed by atoms with Crippen molar-refractivity contribution in [1.29, 1.82) is 0 Å². The third-order valence-corrected chi connectivity index (χ3v) is 3.31. The Balaban J connectivity index is 2.43. The lowest BCUT2D eigenvalue weighted by molar-refractivity contribution is -0.124. The molecule has 1 amide bonds. The van der Waals surface area contributed by atoms with Crippen molar-refractivity contribution in [3.63, 3.8) is 0 Å². The van der Waals surface area contributed by atoms with E-state index in [-0.39, 0.29) is 17.9 Å². The normalized spacial score (nSPS) is 28.1. The van der Waals surface area contributed by atoms with Crippen LogP contribution in [0, 0.1) is 11.8 Å². The molecule has 2 unspecified atom stereocenters. The molecule has 0 saturated heterocycles. The fourth-order valence-corrected chi connectivity index (χ4v) is 2.09. The first-order valence-electron chi connectivity index (χ1n) is 5.82. The summed E-state index contributed by atoms with van der Waals surface area (Å²) in [4.78, 5) is 11.7. The summed E-state index contributed by atoms with van der Waals surface area (Å²) in [5.74, 6) is 0.589. The van der Waals surface area contributed by atoms with Crippen LogP contribution in [-0.2, 0) is 4.79 Å². The third-order valence-electron chi connectivity index (χ3n) is 3.31. The van der Waals surface area contributed by atoms with E-state index in [9.17, 15) is 4.79 Å². The Kier molecular flexibility index (Phi) is 4.54. The van der Waals surface area contributed by atoms with Crippen molar-refractivity contribution in [3.05, 3.63) is 0 Å². The predicted molar refractivity (Wildman–Crippen MR) is 61.1 cm³/mol. The van der Waals surface area contributed by atoms with Crippen molar-refractivity contribution >= 4 is 5.91 Å². The van der Waals surface area contributed by atoms with Gasteiger partial charge in [-0.1, -0.05) is 20.3 Å². The zero-order valence-electron chi connectivity index (χ0n) is 9.70. The second-order valence-corrected chi connectivity index (χ2v) is 4.81. The molecule has 0 aromatic carbocycles. The number of nitrogens with two attached hydrogens (primary N) is 2. The molecule has 0 aliphatic heterocycles. The maximum atomic E-state index is 11.7. The molecule has 88 valence electrons. The van der Waals surface area contributed by atoms with Crippen LogP contribution in [0.4, 0.5) is 0 Å². The van der Waals surface area contributed by atoms with Gasteiger partial charge in [0.2, 0.25) is 5.91 Å². The molecule has 1 fully saturated rings. The number of carbonyl (C=O) groups excluding carboxylic acids is 1. The van der Waals surface area contributed by atoms with Crippen LogP contribution in [-0.4, -0.2) is 24.5 Å². The molecule has 15 heavy (non-hydrogen) atoms. The van der Waals surface area contributed by atoms with Crippen LogP contribution in [0.2, 0.25) is 0 Å². The van der Waals surface area contributed by atoms with E-state index in [2.05, 4.69) is 5.32 Å². The Labute approximate surface area is 91.8 Å². The van der Waals surface area contributed by atoms with Gasteiger partial charge in [0.1, 0.15) is 0 Å². The molecule has 4 nitrogen and oxygen atoms in total. The zero-order chi connectivity index (χ0) is 11.4. The minimum Gasteiger partial charge on any atom is -0.352 e. The number of hydrogen-bond acceptors (Lipinski definition) is 3. The first-order chi connectivity index (χ1) is 7.06. The molecule has 0 aromatic heterocycles. The predicted octanol–water partition coefficient (Wildman–Crippen LogP) is 0.213. The fraction of sp³-hybridized carbons (Fsp3) is 0.909. The molecule has 0 heterocycles. The van der Waals surface area contributed by atoms with Gasteiger partial charge in [-0.2, -0.15) is 0 Å². The van der Waals surface area contributed by atoms with Gasteiger partial charge in [-0.3, -0.25) is 4.79 Å². The van der Waals surface area contributed by atoms with E-state index in [1.807, 2.05) is 13.8 Å². The summed E-state index contributed by atoms with van der Waals surface area (Å²) < 4.78 is 0. The summed E-state index contributed by atoms with van der Waals surface area (Å²) in [7, 11) is 0. The maximum absolute atomic E-state index is 11.7. The molecule has 0 spiro atoms. The Bertz CT molecular complexity index is 218. The van der Waals surface area contributed by atoms with Gasteiger partial charge in [-0.25, -0.2) is 0 Å². The topological polar surface area (TPSA) is 81.1 Å². The van der Waals surface area contributed by atoms with Crippen LogP contribution in [0.3, 0.4) is 0 Å². The molecular weight excluding hydrogens is 190 g/mol. The first kappa shape index (κ1) is 12.5. The fourth-order valence-electron chi connectivity index (χ4n) is 2.09. The van der Waals surface area contributed by atoms with Crippen LogP contribution < -0.4 is 16.8 Å². The molecular formula is C11H23N3O. The third kappa shape index (κ3) is 3.18. The molecule has 3 atom stereocenters. The Morgan fingerprint density at radius 3 is 2.67 bits per heavy atom. The number of carbonyl (C=O) groups is 1. The van der Waals surface area contributed by atoms with Gasteiger partial charge in [-0.05, 0) is 31.2 Å². The van der Waals surface area contributed by atoms with Gasteiger partial charge in [0.05, 0.1) is 6.04 Å². The lowest BCUT2D eigenvalue weighted by Crippen LogP contribution is -2.49. The highest BCUT2D eigenvalue weighted by Crippen LogP contribution is 2.24. The van der Waals surface area contributed by atoms with Crippen molar-refractivity contribution in [2.24, 2.45) is 23.3 Å². The molecule has 4 heteroatoms. The molecule has 1 aliphatic rings. The van der Waals surface area contributed by atoms with E-state index < -0.39 is 6.04 Å². The summed E-state index contributed by atoms with van der Waals surface area (Å²) in [5.41, 5.74) is 11.4. The molecule has 0 radical (unpaired) electrons. The van der Waals surface area contributed by atoms with E-state index in [0.29, 0.717) is 12.5 Å². The van der Waals surface area contributed by atoms with Crippen molar-refractivity contribution in [2.75, 3.05) is 6.54 Å². The van der Waals surface area contributed by atoms with E-state index in [1.54, 1.807) is 0 Å². The van der Waals surface area contributed by atoms with Crippen LogP contribution in [0.15, 0.2) is 0 Å². The van der Waals surface area contributed by atoms with Crippen LogP contribution in [0.1, 0.15) is 33.1 Å². The smallest absolute Gasteiger partial charge is 0.237 e. The van der Waals surface area contributed by atoms with Crippen molar-refractivity contribution in [2.45, 2.75) is 45.2 Å². The quantitative estimate of drug-likeness (QED) is 0.624. The van der Waals surface area contributed by atoms with Crippen molar-refractivity contribution < 1.29 is 4.79 Å². The largest absolute Gasteiger partial charge is 0.352 e. The number of nitrogens with one attached hydrogen (secondary N) is 1. The van der Waals surface area contributed by atoms with Gasteiger partial charge >= 0.3 is 0 Å². The lowest BCUT2D eigenvalue weighted by atomic mass is 10.0. The second-order valence-electron chi connectivity index (χ2n) is 4.81. The summed E-state index contributed by atoms with van der Waals surface area (Å²) >= 11 is 0. The minimum absolute atomic E-state index is 0.0321. The highest BCUT2D eigenvalue weighted by atomic mass is 16.2. The molecule has 0 bridgehead atoms. The molecule has 0 aromatic rings. The standard InChI is InChI=1S/C11H23N3O/c1-7(2)10(13)11(15)14-9-5-3-4-8(9)6-12/h7-10H,3-6,12-13H2,1-2H3,(H,14,15)/t8?,9?,10-/m0/s1. The molecule has 1 aliphatic carbocycles. The van der Waals surface area contributed by atoms with Gasteiger partial charge in [0.15, 0.2) is 0 Å². The Morgan fingerprint density at radius 1 is 1.47 bits per heavy atom. The number of amides is 1. The first-order valence-corrected chi connectivity index (χ1v) is 5.82. The summed E-state index contributed by atoms with van der Waals surface area (Å²) in [6.45, 7) is 4.57. The molecule has 1 rings (SSSR count). The molecule has 1 saturated carbocycles. The van der Waals surface area contributed by atoms with Gasteiger partial charge in [0.25, 0.3) is 0 Å². The number of rotatable bonds is 4. The van der Waals surface area contributed by atoms with E-state index in [4.69, 9.17) is 11.5 Å². The summed E-state index contributed by atoms with van der Waals surface area (Å²) in [6.07, 6.45) is 3.32. The Morgan fingerprint density at radius 2 is 2.13 bits per heavy atom. The monoisotopic (exact) mass is 213 g/mol. The second kappa shape index (κ2) is 5.47. The van der Waals surface area contributed by atoms with Crippen LogP contribution in [0.25, 0.3) is 0 Å². The highest BCUT2D eigenvalue weighted by molar-refractivity contribution is 5.82. The summed E-state index contributed by atoms with van der Waals surface area (Å²) in [5, 5.41) is 3.02. The Hall–Kier alpha value is -0.610. The van der Waals surface area contributed by atoms with Gasteiger partial charge < -0.3 is 16.8 Å².